The number of carbonyl (C=O) groups is 1. The molecule has 17 heavy (non-hydrogen) atoms. The molecule has 0 spiro atoms. The highest BCUT2D eigenvalue weighted by Gasteiger charge is 2.18. The van der Waals surface area contributed by atoms with Crippen molar-refractivity contribution < 1.29 is 13.9 Å². The monoisotopic (exact) mass is 362 g/mol. The van der Waals surface area contributed by atoms with Crippen molar-refractivity contribution in [2.45, 2.75) is 0 Å². The van der Waals surface area contributed by atoms with Crippen LogP contribution in [0, 0.1) is 9.39 Å². The highest BCUT2D eigenvalue weighted by atomic mass is 127. The van der Waals surface area contributed by atoms with Gasteiger partial charge < -0.3 is 4.74 Å². The molecule has 0 radical (unpaired) electrons. The van der Waals surface area contributed by atoms with Crippen LogP contribution in [0.1, 0.15) is 15.2 Å². The fraction of sp³-hybridized carbons (Fsp3) is 0.0833. The molecule has 0 unspecified atom stereocenters. The number of methoxy groups -OCH3 is 1. The summed E-state index contributed by atoms with van der Waals surface area (Å²) in [6, 6.07) is 5.87. The standard InChI is InChI=1S/C12H8FIO2S/c1-16-10-4-5-17-12(10)11(15)8-3-2-7(13)6-9(8)14/h2-6H,1H3. The number of hydrogen-bond acceptors (Lipinski definition) is 3. The predicted octanol–water partition coefficient (Wildman–Crippen LogP) is 3.73. The van der Waals surface area contributed by atoms with Crippen molar-refractivity contribution in [2.24, 2.45) is 0 Å². The number of ketones is 1. The Kier molecular flexibility index (Phi) is 3.78. The summed E-state index contributed by atoms with van der Waals surface area (Å²) in [5.74, 6) is 0.0745. The van der Waals surface area contributed by atoms with Gasteiger partial charge in [0.05, 0.1) is 7.11 Å². The fourth-order valence-corrected chi connectivity index (χ4v) is 2.95. The first-order chi connectivity index (χ1) is 8.13. The molecule has 1 heterocycles. The van der Waals surface area contributed by atoms with Gasteiger partial charge in [0.15, 0.2) is 0 Å². The van der Waals surface area contributed by atoms with Crippen molar-refractivity contribution in [3.8, 4) is 5.75 Å². The van der Waals surface area contributed by atoms with E-state index in [1.165, 1.54) is 36.6 Å². The summed E-state index contributed by atoms with van der Waals surface area (Å²) in [6.07, 6.45) is 0. The normalized spacial score (nSPS) is 10.3. The zero-order valence-electron chi connectivity index (χ0n) is 8.87. The number of hydrogen-bond donors (Lipinski definition) is 0. The lowest BCUT2D eigenvalue weighted by atomic mass is 10.1. The van der Waals surface area contributed by atoms with Gasteiger partial charge in [-0.2, -0.15) is 0 Å². The van der Waals surface area contributed by atoms with E-state index in [0.29, 0.717) is 19.8 Å². The van der Waals surface area contributed by atoms with Crippen molar-refractivity contribution >= 4 is 39.7 Å². The van der Waals surface area contributed by atoms with Gasteiger partial charge in [0.2, 0.25) is 5.78 Å². The molecular weight excluding hydrogens is 354 g/mol. The molecule has 1 aromatic carbocycles. The number of benzene rings is 1. The molecule has 88 valence electrons. The summed E-state index contributed by atoms with van der Waals surface area (Å²) in [4.78, 5) is 12.8. The van der Waals surface area contributed by atoms with Gasteiger partial charge in [0, 0.05) is 9.13 Å². The van der Waals surface area contributed by atoms with Crippen LogP contribution in [0.5, 0.6) is 5.75 Å². The summed E-state index contributed by atoms with van der Waals surface area (Å²) in [7, 11) is 1.52. The number of halogens is 2. The molecule has 0 saturated carbocycles. The van der Waals surface area contributed by atoms with Gasteiger partial charge in [-0.05, 0) is 52.2 Å². The molecule has 5 heteroatoms. The van der Waals surface area contributed by atoms with Gasteiger partial charge in [-0.15, -0.1) is 11.3 Å². The van der Waals surface area contributed by atoms with Gasteiger partial charge >= 0.3 is 0 Å². The molecule has 2 rings (SSSR count). The lowest BCUT2D eigenvalue weighted by molar-refractivity contribution is 0.103. The first-order valence-corrected chi connectivity index (χ1v) is 6.70. The molecule has 0 aliphatic heterocycles. The third-order valence-corrected chi connectivity index (χ3v) is 4.02. The van der Waals surface area contributed by atoms with Gasteiger partial charge in [0.1, 0.15) is 16.4 Å². The van der Waals surface area contributed by atoms with E-state index in [1.807, 2.05) is 22.6 Å². The third-order valence-electron chi connectivity index (χ3n) is 2.23. The van der Waals surface area contributed by atoms with E-state index in [-0.39, 0.29) is 11.6 Å². The van der Waals surface area contributed by atoms with Crippen LogP contribution in [0.15, 0.2) is 29.6 Å². The average molecular weight is 362 g/mol. The predicted molar refractivity (Wildman–Crippen MR) is 73.4 cm³/mol. The van der Waals surface area contributed by atoms with E-state index < -0.39 is 0 Å². The molecule has 2 aromatic rings. The zero-order chi connectivity index (χ0) is 12.4. The second kappa shape index (κ2) is 5.14. The Morgan fingerprint density at radius 3 is 2.82 bits per heavy atom. The van der Waals surface area contributed by atoms with E-state index in [2.05, 4.69) is 0 Å². The topological polar surface area (TPSA) is 26.3 Å². The van der Waals surface area contributed by atoms with Crippen molar-refractivity contribution in [3.05, 3.63) is 49.5 Å². The Morgan fingerprint density at radius 2 is 2.18 bits per heavy atom. The minimum Gasteiger partial charge on any atom is -0.495 e. The summed E-state index contributed by atoms with van der Waals surface area (Å²) in [5, 5.41) is 1.79. The largest absolute Gasteiger partial charge is 0.495 e. The summed E-state index contributed by atoms with van der Waals surface area (Å²) >= 11 is 3.27. The van der Waals surface area contributed by atoms with Crippen LogP contribution in [-0.2, 0) is 0 Å². The SMILES string of the molecule is COc1ccsc1C(=O)c1ccc(F)cc1I. The lowest BCUT2D eigenvalue weighted by Crippen LogP contribution is -2.03. The van der Waals surface area contributed by atoms with E-state index in [0.717, 1.165) is 0 Å². The summed E-state index contributed by atoms with van der Waals surface area (Å²) in [6.45, 7) is 0. The molecule has 0 bridgehead atoms. The van der Waals surface area contributed by atoms with Crippen LogP contribution in [-0.4, -0.2) is 12.9 Å². The Labute approximate surface area is 116 Å². The van der Waals surface area contributed by atoms with E-state index >= 15 is 0 Å². The van der Waals surface area contributed by atoms with Crippen LogP contribution in [0.25, 0.3) is 0 Å². The molecule has 0 aliphatic rings. The van der Waals surface area contributed by atoms with Crippen molar-refractivity contribution in [1.82, 2.24) is 0 Å². The van der Waals surface area contributed by atoms with Crippen molar-refractivity contribution in [1.29, 1.82) is 0 Å². The third kappa shape index (κ3) is 2.50. The molecule has 0 N–H and O–H groups in total. The molecule has 0 saturated heterocycles. The molecular formula is C12H8FIO2S. The quantitative estimate of drug-likeness (QED) is 0.615. The van der Waals surface area contributed by atoms with Gasteiger partial charge in [-0.1, -0.05) is 0 Å². The first-order valence-electron chi connectivity index (χ1n) is 4.74. The van der Waals surface area contributed by atoms with Crippen LogP contribution < -0.4 is 4.74 Å². The van der Waals surface area contributed by atoms with Crippen molar-refractivity contribution in [3.63, 3.8) is 0 Å². The molecule has 0 aliphatic carbocycles. The van der Waals surface area contributed by atoms with E-state index in [4.69, 9.17) is 4.74 Å². The maximum Gasteiger partial charge on any atom is 0.207 e. The second-order valence-electron chi connectivity index (χ2n) is 3.27. The summed E-state index contributed by atoms with van der Waals surface area (Å²) in [5.41, 5.74) is 0.493. The fourth-order valence-electron chi connectivity index (χ4n) is 1.42. The van der Waals surface area contributed by atoms with E-state index in [9.17, 15) is 9.18 Å². The number of rotatable bonds is 3. The molecule has 1 aromatic heterocycles. The van der Waals surface area contributed by atoms with Crippen LogP contribution >= 0.6 is 33.9 Å². The maximum atomic E-state index is 13.0. The zero-order valence-corrected chi connectivity index (χ0v) is 11.8. The van der Waals surface area contributed by atoms with E-state index in [1.54, 1.807) is 11.4 Å². The molecule has 0 atom stereocenters. The number of carbonyl (C=O) groups excluding carboxylic acids is 1. The Bertz CT molecular complexity index is 565. The maximum absolute atomic E-state index is 13.0. The Balaban J connectivity index is 2.44. The Hall–Kier alpha value is -0.950. The van der Waals surface area contributed by atoms with Gasteiger partial charge in [-0.25, -0.2) is 4.39 Å². The first kappa shape index (κ1) is 12.5. The highest BCUT2D eigenvalue weighted by Crippen LogP contribution is 2.28. The minimum absolute atomic E-state index is 0.138. The van der Waals surface area contributed by atoms with Gasteiger partial charge in [0.25, 0.3) is 0 Å². The smallest absolute Gasteiger partial charge is 0.207 e. The lowest BCUT2D eigenvalue weighted by Gasteiger charge is -2.04. The number of ether oxygens (including phenoxy) is 1. The second-order valence-corrected chi connectivity index (χ2v) is 5.35. The number of thiophene rings is 1. The molecule has 0 fully saturated rings. The van der Waals surface area contributed by atoms with Crippen molar-refractivity contribution in [2.75, 3.05) is 7.11 Å². The van der Waals surface area contributed by atoms with Crippen LogP contribution in [0.2, 0.25) is 0 Å². The van der Waals surface area contributed by atoms with Gasteiger partial charge in [-0.3, -0.25) is 4.79 Å². The van der Waals surface area contributed by atoms with Crippen LogP contribution in [0.3, 0.4) is 0 Å². The Morgan fingerprint density at radius 1 is 1.41 bits per heavy atom. The van der Waals surface area contributed by atoms with Crippen LogP contribution in [0.4, 0.5) is 4.39 Å². The average Bonchev–Trinajstić information content (AvgIpc) is 2.76. The summed E-state index contributed by atoms with van der Waals surface area (Å²) < 4.78 is 18.7. The molecule has 2 nitrogen and oxygen atoms in total. The minimum atomic E-state index is -0.343. The highest BCUT2D eigenvalue weighted by molar-refractivity contribution is 14.1. The molecule has 0 amide bonds.